The van der Waals surface area contributed by atoms with Crippen LogP contribution >= 0.6 is 0 Å². The molecule has 102 valence electrons. The van der Waals surface area contributed by atoms with Crippen LogP contribution in [0.5, 0.6) is 11.5 Å². The van der Waals surface area contributed by atoms with Gasteiger partial charge in [-0.3, -0.25) is 4.79 Å². The SMILES string of the molecule is Cc1cc2c(c(C3CC(C(=O)O)CN3)c1C)OCO2. The number of fused-ring (bicyclic) bond motifs is 1. The first kappa shape index (κ1) is 12.3. The highest BCUT2D eigenvalue weighted by molar-refractivity contribution is 5.71. The van der Waals surface area contributed by atoms with Crippen molar-refractivity contribution in [3.8, 4) is 11.5 Å². The van der Waals surface area contributed by atoms with Gasteiger partial charge in [0, 0.05) is 18.2 Å². The normalized spacial score (nSPS) is 24.7. The number of aryl methyl sites for hydroxylation is 1. The molecular weight excluding hydrogens is 246 g/mol. The molecule has 0 amide bonds. The summed E-state index contributed by atoms with van der Waals surface area (Å²) >= 11 is 0. The molecule has 2 heterocycles. The zero-order valence-electron chi connectivity index (χ0n) is 11.0. The second-order valence-corrected chi connectivity index (χ2v) is 5.20. The minimum atomic E-state index is -0.742. The molecule has 5 heteroatoms. The van der Waals surface area contributed by atoms with Crippen LogP contribution in [0.1, 0.15) is 29.2 Å². The van der Waals surface area contributed by atoms with Crippen LogP contribution in [0.15, 0.2) is 6.07 Å². The number of benzene rings is 1. The Bertz CT molecular complexity index is 541. The number of carboxylic acids is 1. The molecule has 1 aromatic rings. The van der Waals surface area contributed by atoms with Gasteiger partial charge in [0.05, 0.1) is 5.92 Å². The van der Waals surface area contributed by atoms with Gasteiger partial charge in [-0.2, -0.15) is 0 Å². The van der Waals surface area contributed by atoms with Crippen LogP contribution in [0.25, 0.3) is 0 Å². The second-order valence-electron chi connectivity index (χ2n) is 5.20. The Morgan fingerprint density at radius 3 is 2.89 bits per heavy atom. The van der Waals surface area contributed by atoms with E-state index < -0.39 is 5.97 Å². The lowest BCUT2D eigenvalue weighted by Gasteiger charge is -2.18. The van der Waals surface area contributed by atoms with Crippen LogP contribution in [0.4, 0.5) is 0 Å². The van der Waals surface area contributed by atoms with Gasteiger partial charge >= 0.3 is 5.97 Å². The second kappa shape index (κ2) is 4.42. The molecule has 0 spiro atoms. The molecule has 0 aromatic heterocycles. The third-order valence-electron chi connectivity index (χ3n) is 4.06. The van der Waals surface area contributed by atoms with Crippen molar-refractivity contribution in [3.63, 3.8) is 0 Å². The van der Waals surface area contributed by atoms with Crippen molar-refractivity contribution in [3.05, 3.63) is 22.8 Å². The van der Waals surface area contributed by atoms with Gasteiger partial charge in [-0.15, -0.1) is 0 Å². The molecule has 19 heavy (non-hydrogen) atoms. The maximum atomic E-state index is 11.1. The fourth-order valence-corrected chi connectivity index (χ4v) is 2.86. The number of carbonyl (C=O) groups is 1. The predicted octanol–water partition coefficient (Wildman–Crippen LogP) is 1.77. The third kappa shape index (κ3) is 1.94. The monoisotopic (exact) mass is 263 g/mol. The van der Waals surface area contributed by atoms with Crippen molar-refractivity contribution in [2.45, 2.75) is 26.3 Å². The summed E-state index contributed by atoms with van der Waals surface area (Å²) in [4.78, 5) is 11.1. The molecule has 2 unspecified atom stereocenters. The zero-order valence-corrected chi connectivity index (χ0v) is 11.0. The summed E-state index contributed by atoms with van der Waals surface area (Å²) in [5.74, 6) is 0.460. The summed E-state index contributed by atoms with van der Waals surface area (Å²) in [6.45, 7) is 4.82. The Hall–Kier alpha value is -1.75. The van der Waals surface area contributed by atoms with E-state index >= 15 is 0 Å². The molecule has 0 bridgehead atoms. The van der Waals surface area contributed by atoms with Crippen molar-refractivity contribution >= 4 is 5.97 Å². The summed E-state index contributed by atoms with van der Waals surface area (Å²) < 4.78 is 11.0. The minimum absolute atomic E-state index is 0.0245. The van der Waals surface area contributed by atoms with E-state index in [1.54, 1.807) is 0 Å². The van der Waals surface area contributed by atoms with Crippen LogP contribution in [0, 0.1) is 19.8 Å². The summed E-state index contributed by atoms with van der Waals surface area (Å²) in [6.07, 6.45) is 0.593. The van der Waals surface area contributed by atoms with Gasteiger partial charge in [-0.1, -0.05) is 0 Å². The first-order valence-electron chi connectivity index (χ1n) is 6.44. The van der Waals surface area contributed by atoms with Crippen LogP contribution in [0.3, 0.4) is 0 Å². The van der Waals surface area contributed by atoms with Crippen molar-refractivity contribution in [2.24, 2.45) is 5.92 Å². The maximum Gasteiger partial charge on any atom is 0.307 e. The fraction of sp³-hybridized carbons (Fsp3) is 0.500. The van der Waals surface area contributed by atoms with Gasteiger partial charge in [-0.25, -0.2) is 0 Å². The van der Waals surface area contributed by atoms with E-state index in [1.165, 1.54) is 0 Å². The molecule has 3 rings (SSSR count). The highest BCUT2D eigenvalue weighted by Crippen LogP contribution is 2.44. The number of carboxylic acid groups (broad SMARTS) is 1. The molecule has 5 nitrogen and oxygen atoms in total. The standard InChI is InChI=1S/C14H17NO4/c1-7-3-11-13(19-6-18-11)12(8(7)2)10-4-9(5-15-10)14(16)17/h3,9-10,15H,4-6H2,1-2H3,(H,16,17). The molecule has 0 aliphatic carbocycles. The fourth-order valence-electron chi connectivity index (χ4n) is 2.86. The predicted molar refractivity (Wildman–Crippen MR) is 68.5 cm³/mol. The van der Waals surface area contributed by atoms with E-state index in [2.05, 4.69) is 5.32 Å². The Kier molecular flexibility index (Phi) is 2.86. The quantitative estimate of drug-likeness (QED) is 0.851. The van der Waals surface area contributed by atoms with E-state index in [-0.39, 0.29) is 18.8 Å². The van der Waals surface area contributed by atoms with Gasteiger partial charge in [0.1, 0.15) is 0 Å². The molecule has 1 fully saturated rings. The smallest absolute Gasteiger partial charge is 0.307 e. The highest BCUT2D eigenvalue weighted by Gasteiger charge is 2.35. The first-order chi connectivity index (χ1) is 9.08. The Morgan fingerprint density at radius 2 is 2.21 bits per heavy atom. The number of hydrogen-bond acceptors (Lipinski definition) is 4. The zero-order chi connectivity index (χ0) is 13.6. The summed E-state index contributed by atoms with van der Waals surface area (Å²) in [5.41, 5.74) is 3.34. The van der Waals surface area contributed by atoms with Crippen molar-refractivity contribution in [1.82, 2.24) is 5.32 Å². The number of nitrogens with one attached hydrogen (secondary N) is 1. The first-order valence-corrected chi connectivity index (χ1v) is 6.44. The van der Waals surface area contributed by atoms with Gasteiger partial charge in [0.25, 0.3) is 0 Å². The largest absolute Gasteiger partial charge is 0.481 e. The molecule has 0 radical (unpaired) electrons. The molecule has 2 aliphatic rings. The maximum absolute atomic E-state index is 11.1. The molecular formula is C14H17NO4. The number of hydrogen-bond donors (Lipinski definition) is 2. The molecule has 2 aliphatic heterocycles. The van der Waals surface area contributed by atoms with Crippen LogP contribution in [0.2, 0.25) is 0 Å². The van der Waals surface area contributed by atoms with Gasteiger partial charge in [0.15, 0.2) is 11.5 Å². The van der Waals surface area contributed by atoms with E-state index in [9.17, 15) is 4.79 Å². The Balaban J connectivity index is 1.99. The molecule has 2 N–H and O–H groups in total. The average Bonchev–Trinajstić information content (AvgIpc) is 2.99. The van der Waals surface area contributed by atoms with E-state index in [1.807, 2.05) is 19.9 Å². The average molecular weight is 263 g/mol. The number of aliphatic carboxylic acids is 1. The lowest BCUT2D eigenvalue weighted by atomic mass is 9.93. The summed E-state index contributed by atoms with van der Waals surface area (Å²) in [6, 6.07) is 2.00. The van der Waals surface area contributed by atoms with Crippen molar-refractivity contribution in [1.29, 1.82) is 0 Å². The van der Waals surface area contributed by atoms with Crippen LogP contribution in [-0.2, 0) is 4.79 Å². The van der Waals surface area contributed by atoms with Crippen molar-refractivity contribution < 1.29 is 19.4 Å². The Labute approximate surface area is 111 Å². The minimum Gasteiger partial charge on any atom is -0.481 e. The molecule has 1 aromatic carbocycles. The lowest BCUT2D eigenvalue weighted by Crippen LogP contribution is -2.18. The summed E-state index contributed by atoms with van der Waals surface area (Å²) in [7, 11) is 0. The Morgan fingerprint density at radius 1 is 1.42 bits per heavy atom. The van der Waals surface area contributed by atoms with Crippen LogP contribution in [-0.4, -0.2) is 24.4 Å². The molecule has 2 atom stereocenters. The van der Waals surface area contributed by atoms with Gasteiger partial charge in [0.2, 0.25) is 6.79 Å². The van der Waals surface area contributed by atoms with Crippen molar-refractivity contribution in [2.75, 3.05) is 13.3 Å². The van der Waals surface area contributed by atoms with Gasteiger partial charge in [-0.05, 0) is 37.5 Å². The number of rotatable bonds is 2. The molecule has 0 saturated carbocycles. The van der Waals surface area contributed by atoms with E-state index in [4.69, 9.17) is 14.6 Å². The highest BCUT2D eigenvalue weighted by atomic mass is 16.7. The third-order valence-corrected chi connectivity index (χ3v) is 4.06. The molecule has 1 saturated heterocycles. The topological polar surface area (TPSA) is 67.8 Å². The summed E-state index contributed by atoms with van der Waals surface area (Å²) in [5, 5.41) is 12.4. The van der Waals surface area contributed by atoms with Gasteiger partial charge < -0.3 is 19.9 Å². The van der Waals surface area contributed by atoms with Crippen LogP contribution < -0.4 is 14.8 Å². The lowest BCUT2D eigenvalue weighted by molar-refractivity contribution is -0.141. The van der Waals surface area contributed by atoms with E-state index in [0.717, 1.165) is 28.2 Å². The van der Waals surface area contributed by atoms with E-state index in [0.29, 0.717) is 13.0 Å². The number of ether oxygens (including phenoxy) is 2.